The molecule has 90 valence electrons. The van der Waals surface area contributed by atoms with E-state index in [1.54, 1.807) is 18.2 Å². The summed E-state index contributed by atoms with van der Waals surface area (Å²) in [5.41, 5.74) is -4.88. The lowest BCUT2D eigenvalue weighted by molar-refractivity contribution is -0.0385. The molecule has 2 aromatic rings. The topological polar surface area (TPSA) is 37.3 Å². The van der Waals surface area contributed by atoms with Crippen molar-refractivity contribution in [3.8, 4) is 5.75 Å². The highest BCUT2D eigenvalue weighted by Gasteiger charge is 2.39. The van der Waals surface area contributed by atoms with Crippen LogP contribution >= 0.6 is 0 Å². The fourth-order valence-electron chi connectivity index (χ4n) is 1.51. The Morgan fingerprint density at radius 3 is 2.35 bits per heavy atom. The molecule has 2 nitrogen and oxygen atoms in total. The van der Waals surface area contributed by atoms with Gasteiger partial charge in [0.1, 0.15) is 5.75 Å². The average molecular weight is 260 g/mol. The standard InChI is InChI=1S/C11H7F3O2S/c12-11(13,14)17(16)9-6-5-7-3-1-2-4-8(7)10(9)15/h1-6,15H. The molecular weight excluding hydrogens is 253 g/mol. The van der Waals surface area contributed by atoms with Crippen molar-refractivity contribution in [3.05, 3.63) is 36.4 Å². The first-order chi connectivity index (χ1) is 7.91. The van der Waals surface area contributed by atoms with Crippen molar-refractivity contribution in [1.29, 1.82) is 0 Å². The van der Waals surface area contributed by atoms with Crippen LogP contribution in [0, 0.1) is 0 Å². The second kappa shape index (κ2) is 4.03. The third-order valence-electron chi connectivity index (χ3n) is 2.27. The Balaban J connectivity index is 2.65. The summed E-state index contributed by atoms with van der Waals surface area (Å²) in [5, 5.41) is 10.5. The van der Waals surface area contributed by atoms with Gasteiger partial charge in [0.25, 0.3) is 0 Å². The van der Waals surface area contributed by atoms with Crippen molar-refractivity contribution in [2.24, 2.45) is 0 Å². The first kappa shape index (κ1) is 11.9. The maximum absolute atomic E-state index is 12.3. The Morgan fingerprint density at radius 1 is 1.06 bits per heavy atom. The fourth-order valence-corrected chi connectivity index (χ4v) is 2.24. The van der Waals surface area contributed by atoms with Crippen molar-refractivity contribution in [3.63, 3.8) is 0 Å². The van der Waals surface area contributed by atoms with Gasteiger partial charge in [-0.25, -0.2) is 4.21 Å². The van der Waals surface area contributed by atoms with Crippen molar-refractivity contribution in [2.75, 3.05) is 0 Å². The summed E-state index contributed by atoms with van der Waals surface area (Å²) >= 11 is 0. The SMILES string of the molecule is O=S(c1ccc2ccccc2c1O)C(F)(F)F. The number of alkyl halides is 3. The van der Waals surface area contributed by atoms with E-state index in [1.165, 1.54) is 12.1 Å². The molecule has 2 aromatic carbocycles. The number of halogens is 3. The van der Waals surface area contributed by atoms with Crippen LogP contribution in [0.15, 0.2) is 41.3 Å². The zero-order valence-electron chi connectivity index (χ0n) is 8.36. The van der Waals surface area contributed by atoms with Crippen LogP contribution in [-0.2, 0) is 10.8 Å². The minimum Gasteiger partial charge on any atom is -0.506 e. The maximum Gasteiger partial charge on any atom is 0.475 e. The molecule has 0 aromatic heterocycles. The minimum absolute atomic E-state index is 0.252. The van der Waals surface area contributed by atoms with Gasteiger partial charge in [0.05, 0.1) is 4.90 Å². The van der Waals surface area contributed by atoms with E-state index in [0.29, 0.717) is 5.39 Å². The smallest absolute Gasteiger partial charge is 0.475 e. The van der Waals surface area contributed by atoms with Gasteiger partial charge in [0, 0.05) is 5.39 Å². The average Bonchev–Trinajstić information content (AvgIpc) is 2.28. The second-order valence-electron chi connectivity index (χ2n) is 3.35. The molecule has 2 rings (SSSR count). The number of phenolic OH excluding ortho intramolecular Hbond substituents is 1. The van der Waals surface area contributed by atoms with Crippen molar-refractivity contribution < 1.29 is 22.5 Å². The summed E-state index contributed by atoms with van der Waals surface area (Å²) in [6, 6.07) is 8.83. The molecule has 0 amide bonds. The fraction of sp³-hybridized carbons (Fsp3) is 0.0909. The van der Waals surface area contributed by atoms with Crippen LogP contribution in [0.5, 0.6) is 5.75 Å². The molecule has 0 aliphatic heterocycles. The third-order valence-corrected chi connectivity index (χ3v) is 3.42. The van der Waals surface area contributed by atoms with Gasteiger partial charge in [-0.1, -0.05) is 30.3 Å². The van der Waals surface area contributed by atoms with Gasteiger partial charge < -0.3 is 5.11 Å². The Bertz CT molecular complexity index is 593. The molecule has 1 atom stereocenters. The van der Waals surface area contributed by atoms with Gasteiger partial charge in [-0.05, 0) is 11.5 Å². The third kappa shape index (κ3) is 2.12. The van der Waals surface area contributed by atoms with E-state index in [9.17, 15) is 22.5 Å². The molecule has 0 heterocycles. The summed E-state index contributed by atoms with van der Waals surface area (Å²) in [6.45, 7) is 0. The number of fused-ring (bicyclic) bond motifs is 1. The first-order valence-corrected chi connectivity index (χ1v) is 5.75. The minimum atomic E-state index is -4.88. The number of hydrogen-bond donors (Lipinski definition) is 1. The normalized spacial score (nSPS) is 13.8. The number of hydrogen-bond acceptors (Lipinski definition) is 2. The molecule has 0 aliphatic carbocycles. The first-order valence-electron chi connectivity index (χ1n) is 4.60. The van der Waals surface area contributed by atoms with Crippen molar-refractivity contribution >= 4 is 21.6 Å². The van der Waals surface area contributed by atoms with Gasteiger partial charge >= 0.3 is 5.51 Å². The molecule has 0 radical (unpaired) electrons. The number of benzene rings is 2. The van der Waals surface area contributed by atoms with E-state index in [2.05, 4.69) is 0 Å². The number of phenols is 1. The molecular formula is C11H7F3O2S. The van der Waals surface area contributed by atoms with Gasteiger partial charge in [0.2, 0.25) is 0 Å². The van der Waals surface area contributed by atoms with Crippen molar-refractivity contribution in [1.82, 2.24) is 0 Å². The summed E-state index contributed by atoms with van der Waals surface area (Å²) in [5.74, 6) is -0.584. The van der Waals surface area contributed by atoms with Gasteiger partial charge in [-0.3, -0.25) is 0 Å². The Morgan fingerprint density at radius 2 is 1.71 bits per heavy atom. The van der Waals surface area contributed by atoms with Crippen LogP contribution < -0.4 is 0 Å². The van der Waals surface area contributed by atoms with E-state index < -0.39 is 27.0 Å². The molecule has 1 N–H and O–H groups in total. The zero-order valence-corrected chi connectivity index (χ0v) is 9.18. The van der Waals surface area contributed by atoms with Crippen LogP contribution in [0.1, 0.15) is 0 Å². The van der Waals surface area contributed by atoms with E-state index in [1.807, 2.05) is 0 Å². The highest BCUT2D eigenvalue weighted by Crippen LogP contribution is 2.35. The summed E-state index contributed by atoms with van der Waals surface area (Å²) in [6.07, 6.45) is 0. The quantitative estimate of drug-likeness (QED) is 0.855. The molecule has 0 spiro atoms. The molecule has 6 heteroatoms. The second-order valence-corrected chi connectivity index (χ2v) is 4.79. The molecule has 0 bridgehead atoms. The Kier molecular flexibility index (Phi) is 2.82. The van der Waals surface area contributed by atoms with Crippen LogP contribution in [0.2, 0.25) is 0 Å². The van der Waals surface area contributed by atoms with E-state index in [0.717, 1.165) is 6.07 Å². The van der Waals surface area contributed by atoms with Gasteiger partial charge in [-0.2, -0.15) is 13.2 Å². The lowest BCUT2D eigenvalue weighted by Crippen LogP contribution is -2.16. The summed E-state index contributed by atoms with van der Waals surface area (Å²) < 4.78 is 48.1. The largest absolute Gasteiger partial charge is 0.506 e. The monoisotopic (exact) mass is 260 g/mol. The highest BCUT2D eigenvalue weighted by atomic mass is 32.2. The lowest BCUT2D eigenvalue weighted by atomic mass is 10.1. The molecule has 0 aliphatic rings. The molecule has 0 fully saturated rings. The van der Waals surface area contributed by atoms with E-state index in [-0.39, 0.29) is 5.39 Å². The van der Waals surface area contributed by atoms with Gasteiger partial charge in [0.15, 0.2) is 10.8 Å². The summed E-state index contributed by atoms with van der Waals surface area (Å²) in [7, 11) is -3.22. The van der Waals surface area contributed by atoms with E-state index in [4.69, 9.17) is 0 Å². The van der Waals surface area contributed by atoms with Crippen LogP contribution in [-0.4, -0.2) is 14.8 Å². The maximum atomic E-state index is 12.3. The summed E-state index contributed by atoms with van der Waals surface area (Å²) in [4.78, 5) is -0.615. The van der Waals surface area contributed by atoms with Crippen LogP contribution in [0.25, 0.3) is 10.8 Å². The van der Waals surface area contributed by atoms with Crippen molar-refractivity contribution in [2.45, 2.75) is 10.4 Å². The molecule has 1 unspecified atom stereocenters. The van der Waals surface area contributed by atoms with Crippen LogP contribution in [0.3, 0.4) is 0 Å². The molecule has 0 saturated carbocycles. The predicted molar refractivity (Wildman–Crippen MR) is 58.1 cm³/mol. The lowest BCUT2D eigenvalue weighted by Gasteiger charge is -2.09. The molecule has 0 saturated heterocycles. The van der Waals surface area contributed by atoms with E-state index >= 15 is 0 Å². The van der Waals surface area contributed by atoms with Gasteiger partial charge in [-0.15, -0.1) is 0 Å². The Labute approximate surface area is 97.1 Å². The predicted octanol–water partition coefficient (Wildman–Crippen LogP) is 3.17. The number of aromatic hydroxyl groups is 1. The Hall–Kier alpha value is -1.56. The molecule has 17 heavy (non-hydrogen) atoms. The zero-order chi connectivity index (χ0) is 12.6. The highest BCUT2D eigenvalue weighted by molar-refractivity contribution is 7.86. The van der Waals surface area contributed by atoms with Crippen LogP contribution in [0.4, 0.5) is 13.2 Å². The number of rotatable bonds is 1.